The van der Waals surface area contributed by atoms with Gasteiger partial charge in [-0.2, -0.15) is 0 Å². The van der Waals surface area contributed by atoms with E-state index in [1.807, 2.05) is 146 Å². The predicted molar refractivity (Wildman–Crippen MR) is 159 cm³/mol. The first-order chi connectivity index (χ1) is 19.8. The van der Waals surface area contributed by atoms with Crippen LogP contribution < -0.4 is 0 Å². The van der Waals surface area contributed by atoms with Crippen molar-refractivity contribution >= 4 is 0 Å². The minimum atomic E-state index is 0.540. The molecule has 7 aromatic rings. The summed E-state index contributed by atoms with van der Waals surface area (Å²) in [7, 11) is 0. The fourth-order valence-electron chi connectivity index (χ4n) is 4.83. The monoisotopic (exact) mass is 516 g/mol. The lowest BCUT2D eigenvalue weighted by Gasteiger charge is -2.01. The Hall–Kier alpha value is -5.48. The minimum absolute atomic E-state index is 0.540. The molecule has 0 atom stereocenters. The molecule has 4 heteroatoms. The predicted octanol–water partition coefficient (Wildman–Crippen LogP) is 9.66. The standard InChI is InChI=1S/C36H24N2O2/c1-5-14-25(15-6-1)31-33(27-18-9-3-10-19-27)39-35(37-31)29-22-13-23-30(24-29)36-38-32(26-16-7-2-8-17-26)34(40-36)28-20-11-4-12-21-28/h1-24H. The summed E-state index contributed by atoms with van der Waals surface area (Å²) in [6, 6.07) is 48.4. The molecule has 4 nitrogen and oxygen atoms in total. The number of aromatic nitrogens is 2. The topological polar surface area (TPSA) is 52.1 Å². The summed E-state index contributed by atoms with van der Waals surface area (Å²) in [6.07, 6.45) is 0. The molecule has 0 saturated heterocycles. The molecule has 0 aliphatic rings. The third kappa shape index (κ3) is 4.52. The van der Waals surface area contributed by atoms with E-state index >= 15 is 0 Å². The van der Waals surface area contributed by atoms with E-state index in [9.17, 15) is 0 Å². The van der Waals surface area contributed by atoms with Crippen molar-refractivity contribution in [3.05, 3.63) is 146 Å². The molecule has 190 valence electrons. The van der Waals surface area contributed by atoms with Gasteiger partial charge in [-0.15, -0.1) is 0 Å². The van der Waals surface area contributed by atoms with Gasteiger partial charge in [-0.3, -0.25) is 0 Å². The summed E-state index contributed by atoms with van der Waals surface area (Å²) in [5, 5.41) is 0. The third-order valence-corrected chi connectivity index (χ3v) is 6.78. The van der Waals surface area contributed by atoms with Crippen molar-refractivity contribution in [3.63, 3.8) is 0 Å². The highest BCUT2D eigenvalue weighted by Gasteiger charge is 2.21. The summed E-state index contributed by atoms with van der Waals surface area (Å²) in [6.45, 7) is 0. The average molecular weight is 517 g/mol. The Labute approximate surface area is 232 Å². The van der Waals surface area contributed by atoms with Crippen LogP contribution in [0.4, 0.5) is 0 Å². The Morgan fingerprint density at radius 2 is 0.650 bits per heavy atom. The van der Waals surface area contributed by atoms with Crippen LogP contribution in [0, 0.1) is 0 Å². The first kappa shape index (κ1) is 23.6. The van der Waals surface area contributed by atoms with Crippen molar-refractivity contribution in [1.82, 2.24) is 9.97 Å². The number of hydrogen-bond acceptors (Lipinski definition) is 4. The Morgan fingerprint density at radius 3 is 1.02 bits per heavy atom. The quantitative estimate of drug-likeness (QED) is 0.221. The Kier molecular flexibility index (Phi) is 6.11. The van der Waals surface area contributed by atoms with Crippen LogP contribution in [0.3, 0.4) is 0 Å². The van der Waals surface area contributed by atoms with E-state index in [0.717, 1.165) is 56.3 Å². The fraction of sp³-hybridized carbons (Fsp3) is 0. The van der Waals surface area contributed by atoms with Gasteiger partial charge in [-0.05, 0) is 18.2 Å². The minimum Gasteiger partial charge on any atom is -0.435 e. The van der Waals surface area contributed by atoms with Gasteiger partial charge >= 0.3 is 0 Å². The molecule has 0 bridgehead atoms. The Bertz CT molecular complexity index is 1620. The molecular formula is C36H24N2O2. The van der Waals surface area contributed by atoms with Crippen LogP contribution in [0.1, 0.15) is 0 Å². The molecule has 0 aliphatic carbocycles. The first-order valence-electron chi connectivity index (χ1n) is 13.2. The average Bonchev–Trinajstić information content (AvgIpc) is 3.69. The van der Waals surface area contributed by atoms with Crippen LogP contribution in [0.2, 0.25) is 0 Å². The highest BCUT2D eigenvalue weighted by atomic mass is 16.4. The summed E-state index contributed by atoms with van der Waals surface area (Å²) in [5.41, 5.74) is 7.26. The Balaban J connectivity index is 1.34. The van der Waals surface area contributed by atoms with Gasteiger partial charge in [-0.1, -0.05) is 127 Å². The van der Waals surface area contributed by atoms with Crippen molar-refractivity contribution in [2.24, 2.45) is 0 Å². The van der Waals surface area contributed by atoms with Crippen LogP contribution in [0.15, 0.2) is 154 Å². The molecule has 7 rings (SSSR count). The molecular weight excluding hydrogens is 492 g/mol. The molecule has 5 aromatic carbocycles. The zero-order chi connectivity index (χ0) is 26.7. The molecule has 0 saturated carbocycles. The number of oxazole rings is 2. The Morgan fingerprint density at radius 1 is 0.325 bits per heavy atom. The van der Waals surface area contributed by atoms with Gasteiger partial charge in [0.25, 0.3) is 0 Å². The van der Waals surface area contributed by atoms with Crippen molar-refractivity contribution < 1.29 is 8.83 Å². The second-order valence-corrected chi connectivity index (χ2v) is 9.44. The molecule has 2 aromatic heterocycles. The van der Waals surface area contributed by atoms with Gasteiger partial charge in [0, 0.05) is 33.4 Å². The third-order valence-electron chi connectivity index (χ3n) is 6.78. The van der Waals surface area contributed by atoms with Crippen molar-refractivity contribution in [3.8, 4) is 68.1 Å². The van der Waals surface area contributed by atoms with Gasteiger partial charge in [0.05, 0.1) is 0 Å². The van der Waals surface area contributed by atoms with Crippen LogP contribution in [-0.4, -0.2) is 9.97 Å². The van der Waals surface area contributed by atoms with Crippen molar-refractivity contribution in [2.75, 3.05) is 0 Å². The van der Waals surface area contributed by atoms with Gasteiger partial charge in [0.1, 0.15) is 11.4 Å². The largest absolute Gasteiger partial charge is 0.435 e. The van der Waals surface area contributed by atoms with E-state index in [1.54, 1.807) is 0 Å². The van der Waals surface area contributed by atoms with Crippen LogP contribution in [-0.2, 0) is 0 Å². The highest BCUT2D eigenvalue weighted by Crippen LogP contribution is 2.39. The molecule has 0 radical (unpaired) electrons. The number of nitrogens with zero attached hydrogens (tertiary/aromatic N) is 2. The lowest BCUT2D eigenvalue weighted by molar-refractivity contribution is 0.587. The van der Waals surface area contributed by atoms with Crippen LogP contribution >= 0.6 is 0 Å². The molecule has 0 unspecified atom stereocenters. The molecule has 0 spiro atoms. The zero-order valence-corrected chi connectivity index (χ0v) is 21.6. The summed E-state index contributed by atoms with van der Waals surface area (Å²) < 4.78 is 12.9. The lowest BCUT2D eigenvalue weighted by Crippen LogP contribution is -1.84. The molecule has 0 amide bonds. The summed E-state index contributed by atoms with van der Waals surface area (Å²) in [5.74, 6) is 2.55. The van der Waals surface area contributed by atoms with Gasteiger partial charge in [-0.25, -0.2) is 9.97 Å². The maximum absolute atomic E-state index is 6.44. The molecule has 40 heavy (non-hydrogen) atoms. The molecule has 0 fully saturated rings. The van der Waals surface area contributed by atoms with Gasteiger partial charge in [0.2, 0.25) is 11.8 Å². The number of benzene rings is 5. The van der Waals surface area contributed by atoms with E-state index < -0.39 is 0 Å². The lowest BCUT2D eigenvalue weighted by atomic mass is 10.1. The van der Waals surface area contributed by atoms with E-state index in [4.69, 9.17) is 18.8 Å². The summed E-state index contributed by atoms with van der Waals surface area (Å²) >= 11 is 0. The van der Waals surface area contributed by atoms with E-state index in [1.165, 1.54) is 0 Å². The second-order valence-electron chi connectivity index (χ2n) is 9.44. The van der Waals surface area contributed by atoms with Crippen molar-refractivity contribution in [2.45, 2.75) is 0 Å². The van der Waals surface area contributed by atoms with Crippen LogP contribution in [0.25, 0.3) is 68.1 Å². The summed E-state index contributed by atoms with van der Waals surface area (Å²) in [4.78, 5) is 9.92. The van der Waals surface area contributed by atoms with E-state index in [0.29, 0.717) is 11.8 Å². The highest BCUT2D eigenvalue weighted by molar-refractivity contribution is 5.81. The van der Waals surface area contributed by atoms with Crippen LogP contribution in [0.5, 0.6) is 0 Å². The van der Waals surface area contributed by atoms with Gasteiger partial charge < -0.3 is 8.83 Å². The smallest absolute Gasteiger partial charge is 0.227 e. The number of hydrogen-bond donors (Lipinski definition) is 0. The first-order valence-corrected chi connectivity index (χ1v) is 13.2. The second kappa shape index (κ2) is 10.4. The molecule has 0 N–H and O–H groups in total. The van der Waals surface area contributed by atoms with Crippen molar-refractivity contribution in [1.29, 1.82) is 0 Å². The maximum Gasteiger partial charge on any atom is 0.227 e. The van der Waals surface area contributed by atoms with Gasteiger partial charge in [0.15, 0.2) is 11.5 Å². The molecule has 0 aliphatic heterocycles. The number of rotatable bonds is 6. The van der Waals surface area contributed by atoms with E-state index in [-0.39, 0.29) is 0 Å². The fourth-order valence-corrected chi connectivity index (χ4v) is 4.83. The molecule has 2 heterocycles. The maximum atomic E-state index is 6.44. The van der Waals surface area contributed by atoms with E-state index in [2.05, 4.69) is 0 Å². The normalized spacial score (nSPS) is 11.0. The SMILES string of the molecule is c1ccc(-c2nc(-c3cccc(-c4nc(-c5ccccc5)c(-c5ccccc5)o4)c3)oc2-c2ccccc2)cc1. The zero-order valence-electron chi connectivity index (χ0n) is 21.6.